The summed E-state index contributed by atoms with van der Waals surface area (Å²) in [4.78, 5) is 53.1. The number of amides is 3. The van der Waals surface area contributed by atoms with Crippen LogP contribution in [0.5, 0.6) is 11.5 Å². The van der Waals surface area contributed by atoms with E-state index in [1.807, 2.05) is 0 Å². The highest BCUT2D eigenvalue weighted by Crippen LogP contribution is 2.29. The molecule has 1 aliphatic heterocycles. The number of aliphatic hydroxyl groups excluding tert-OH is 1. The lowest BCUT2D eigenvalue weighted by molar-refractivity contribution is -0.134. The predicted octanol–water partition coefficient (Wildman–Crippen LogP) is 1.57. The molecule has 1 saturated carbocycles. The van der Waals surface area contributed by atoms with Crippen LogP contribution in [0, 0.1) is 5.92 Å². The number of phenolic OH excluding ortho intramolecular Hbond substituents is 1. The minimum atomic E-state index is -1.06. The van der Waals surface area contributed by atoms with E-state index in [2.05, 4.69) is 16.0 Å². The van der Waals surface area contributed by atoms with Gasteiger partial charge in [0.1, 0.15) is 29.2 Å². The average Bonchev–Trinajstić information content (AvgIpc) is 3.75. The van der Waals surface area contributed by atoms with E-state index in [1.165, 1.54) is 12.1 Å². The summed E-state index contributed by atoms with van der Waals surface area (Å²) in [5.41, 5.74) is 0.470. The summed E-state index contributed by atoms with van der Waals surface area (Å²) in [5, 5.41) is 27.7. The van der Waals surface area contributed by atoms with Gasteiger partial charge in [0, 0.05) is 12.3 Å². The lowest BCUT2D eigenvalue weighted by Gasteiger charge is -2.27. The Balaban J connectivity index is 1.49. The molecule has 0 aromatic heterocycles. The van der Waals surface area contributed by atoms with Crippen molar-refractivity contribution in [3.8, 4) is 11.5 Å². The maximum Gasteiger partial charge on any atom is 0.243 e. The molecule has 0 spiro atoms. The van der Waals surface area contributed by atoms with Gasteiger partial charge >= 0.3 is 0 Å². The third-order valence-corrected chi connectivity index (χ3v) is 8.16. The summed E-state index contributed by atoms with van der Waals surface area (Å²) in [5.74, 6) is -1.23. The zero-order valence-corrected chi connectivity index (χ0v) is 24.8. The van der Waals surface area contributed by atoms with Crippen molar-refractivity contribution < 1.29 is 38.9 Å². The van der Waals surface area contributed by atoms with Gasteiger partial charge in [-0.05, 0) is 81.3 Å². The fraction of sp³-hybridized carbons (Fsp3) is 0.500. The highest BCUT2D eigenvalue weighted by Gasteiger charge is 2.50. The molecule has 0 radical (unpaired) electrons. The minimum Gasteiger partial charge on any atom is -0.508 e. The fourth-order valence-corrected chi connectivity index (χ4v) is 5.21. The van der Waals surface area contributed by atoms with Crippen molar-refractivity contribution in [3.63, 3.8) is 0 Å². The second-order valence-corrected chi connectivity index (χ2v) is 11.7. The van der Waals surface area contributed by atoms with E-state index in [0.717, 1.165) is 11.1 Å². The van der Waals surface area contributed by atoms with Crippen molar-refractivity contribution in [2.45, 2.75) is 82.2 Å². The monoisotopic (exact) mass is 595 g/mol. The number of ether oxygens (including phenoxy) is 2. The summed E-state index contributed by atoms with van der Waals surface area (Å²) in [7, 11) is 1.55. The molecule has 3 amide bonds. The van der Waals surface area contributed by atoms with Crippen LogP contribution in [-0.4, -0.2) is 77.3 Å². The van der Waals surface area contributed by atoms with Gasteiger partial charge in [0.25, 0.3) is 0 Å². The molecule has 1 aliphatic carbocycles. The van der Waals surface area contributed by atoms with Crippen LogP contribution in [-0.2, 0) is 36.8 Å². The van der Waals surface area contributed by atoms with Crippen LogP contribution in [0.25, 0.3) is 0 Å². The summed E-state index contributed by atoms with van der Waals surface area (Å²) in [6, 6.07) is 10.5. The first-order chi connectivity index (χ1) is 20.5. The smallest absolute Gasteiger partial charge is 0.243 e. The Morgan fingerprint density at radius 2 is 1.42 bits per heavy atom. The van der Waals surface area contributed by atoms with E-state index in [1.54, 1.807) is 57.4 Å². The molecule has 11 nitrogen and oxygen atoms in total. The molecule has 232 valence electrons. The van der Waals surface area contributed by atoms with Crippen LogP contribution in [0.2, 0.25) is 0 Å². The highest BCUT2D eigenvalue weighted by atomic mass is 16.6. The number of methoxy groups -OCH3 is 1. The van der Waals surface area contributed by atoms with Crippen molar-refractivity contribution in [1.82, 2.24) is 16.0 Å². The second-order valence-electron chi connectivity index (χ2n) is 11.7. The van der Waals surface area contributed by atoms with Crippen molar-refractivity contribution in [1.29, 1.82) is 0 Å². The molecule has 2 aromatic carbocycles. The number of hydrogen-bond acceptors (Lipinski definition) is 8. The molecule has 2 aliphatic rings. The minimum absolute atomic E-state index is 0.0812. The van der Waals surface area contributed by atoms with Crippen LogP contribution in [0.4, 0.5) is 0 Å². The summed E-state index contributed by atoms with van der Waals surface area (Å²) >= 11 is 0. The third kappa shape index (κ3) is 8.77. The van der Waals surface area contributed by atoms with Gasteiger partial charge in [0.2, 0.25) is 17.7 Å². The van der Waals surface area contributed by atoms with Crippen LogP contribution < -0.4 is 20.7 Å². The molecule has 0 bridgehead atoms. The third-order valence-electron chi connectivity index (χ3n) is 8.16. The SMILES string of the molecule is COc1ccc(C[C@H](NC(=O)[C@@H](C)NC(=O)[C@H]2CC[C@H](O)CC2)C(=O)N[C@@H](Cc2ccc(O)cc2)C(=O)[C@@]2(C)CO2)cc1. The normalized spacial score (nSPS) is 23.3. The van der Waals surface area contributed by atoms with Gasteiger partial charge in [-0.15, -0.1) is 0 Å². The number of carbonyl (C=O) groups is 4. The van der Waals surface area contributed by atoms with Crippen LogP contribution in [0.1, 0.15) is 50.7 Å². The number of Topliss-reactive ketones (excluding diaryl/α,β-unsaturated/α-hetero) is 1. The van der Waals surface area contributed by atoms with Gasteiger partial charge in [0.05, 0.1) is 25.9 Å². The zero-order chi connectivity index (χ0) is 31.1. The van der Waals surface area contributed by atoms with Gasteiger partial charge in [0.15, 0.2) is 5.78 Å². The molecule has 2 aromatic rings. The number of aliphatic hydroxyl groups is 1. The molecule has 5 N–H and O–H groups in total. The Morgan fingerprint density at radius 3 is 1.98 bits per heavy atom. The number of epoxide rings is 1. The number of aromatic hydroxyl groups is 1. The molecule has 11 heteroatoms. The molecule has 1 saturated heterocycles. The lowest BCUT2D eigenvalue weighted by Crippen LogP contribution is -2.57. The van der Waals surface area contributed by atoms with Gasteiger partial charge in [-0.1, -0.05) is 24.3 Å². The Kier molecular flexibility index (Phi) is 10.4. The Labute approximate surface area is 251 Å². The molecule has 4 rings (SSSR count). The number of rotatable bonds is 13. The summed E-state index contributed by atoms with van der Waals surface area (Å²) < 4.78 is 10.6. The first kappa shape index (κ1) is 32.0. The summed E-state index contributed by atoms with van der Waals surface area (Å²) in [6.45, 7) is 3.46. The molecular weight excluding hydrogens is 554 g/mol. The first-order valence-electron chi connectivity index (χ1n) is 14.7. The van der Waals surface area contributed by atoms with Crippen molar-refractivity contribution in [2.24, 2.45) is 5.92 Å². The number of ketones is 1. The van der Waals surface area contributed by atoms with E-state index < -0.39 is 41.6 Å². The topological polar surface area (TPSA) is 167 Å². The molecule has 0 unspecified atom stereocenters. The average molecular weight is 596 g/mol. The van der Waals surface area contributed by atoms with Gasteiger partial charge in [-0.2, -0.15) is 0 Å². The van der Waals surface area contributed by atoms with E-state index in [-0.39, 0.29) is 42.8 Å². The van der Waals surface area contributed by atoms with E-state index >= 15 is 0 Å². The standard InChI is InChI=1S/C32H41N3O8/c1-19(33-30(40)22-8-12-24(37)13-9-22)29(39)35-27(17-21-6-14-25(42-3)15-7-21)31(41)34-26(28(38)32(2)18-43-32)16-20-4-10-23(36)11-5-20/h4-7,10-11,14-15,19,22,24,26-27,36-37H,8-9,12-13,16-18H2,1-3H3,(H,33,40)(H,34,41)(H,35,39)/t19-,22-,24-,26+,27+,32-/m1/s1. The van der Waals surface area contributed by atoms with E-state index in [0.29, 0.717) is 31.4 Å². The number of hydrogen-bond donors (Lipinski definition) is 5. The maximum atomic E-state index is 13.7. The molecule has 2 fully saturated rings. The number of benzene rings is 2. The zero-order valence-electron chi connectivity index (χ0n) is 24.8. The molecule has 43 heavy (non-hydrogen) atoms. The maximum absolute atomic E-state index is 13.7. The van der Waals surface area contributed by atoms with E-state index in [9.17, 15) is 29.4 Å². The molecule has 1 heterocycles. The first-order valence-corrected chi connectivity index (χ1v) is 14.7. The number of nitrogens with one attached hydrogen (secondary N) is 3. The summed E-state index contributed by atoms with van der Waals surface area (Å²) in [6.07, 6.45) is 2.05. The number of carbonyl (C=O) groups excluding carboxylic acids is 4. The second kappa shape index (κ2) is 14.0. The Hall–Kier alpha value is -3.96. The van der Waals surface area contributed by atoms with Crippen LogP contribution >= 0.6 is 0 Å². The van der Waals surface area contributed by atoms with Crippen molar-refractivity contribution in [2.75, 3.05) is 13.7 Å². The van der Waals surface area contributed by atoms with Crippen LogP contribution in [0.15, 0.2) is 48.5 Å². The van der Waals surface area contributed by atoms with Gasteiger partial charge < -0.3 is 35.6 Å². The van der Waals surface area contributed by atoms with Crippen LogP contribution in [0.3, 0.4) is 0 Å². The number of phenols is 1. The lowest BCUT2D eigenvalue weighted by atomic mass is 9.87. The molecule has 4 atom stereocenters. The largest absolute Gasteiger partial charge is 0.508 e. The Bertz CT molecular complexity index is 1280. The fourth-order valence-electron chi connectivity index (χ4n) is 5.21. The quantitative estimate of drug-likeness (QED) is 0.218. The van der Waals surface area contributed by atoms with E-state index in [4.69, 9.17) is 9.47 Å². The molecular formula is C32H41N3O8. The predicted molar refractivity (Wildman–Crippen MR) is 157 cm³/mol. The Morgan fingerprint density at radius 1 is 0.884 bits per heavy atom. The highest BCUT2D eigenvalue weighted by molar-refractivity contribution is 5.98. The van der Waals surface area contributed by atoms with Crippen molar-refractivity contribution >= 4 is 23.5 Å². The van der Waals surface area contributed by atoms with Crippen molar-refractivity contribution in [3.05, 3.63) is 59.7 Å². The van der Waals surface area contributed by atoms with Gasteiger partial charge in [-0.3, -0.25) is 19.2 Å². The van der Waals surface area contributed by atoms with Gasteiger partial charge in [-0.25, -0.2) is 0 Å².